The number of nitrogens with one attached hydrogen (secondary N) is 1. The van der Waals surface area contributed by atoms with Crippen LogP contribution >= 0.6 is 11.8 Å². The average Bonchev–Trinajstić information content (AvgIpc) is 3.41. The second-order valence-corrected chi connectivity index (χ2v) is 8.95. The molecule has 0 unspecified atom stereocenters. The van der Waals surface area contributed by atoms with Crippen LogP contribution in [0, 0.1) is 24.0 Å². The number of benzene rings is 2. The summed E-state index contributed by atoms with van der Waals surface area (Å²) in [5.41, 5.74) is 2.68. The summed E-state index contributed by atoms with van der Waals surface area (Å²) in [6, 6.07) is 12.8. The molecule has 10 nitrogen and oxygen atoms in total. The fraction of sp³-hybridized carbons (Fsp3) is 0.160. The zero-order chi connectivity index (χ0) is 26.0. The number of hydrogen-bond acceptors (Lipinski definition) is 8. The molecule has 4 rings (SSSR count). The summed E-state index contributed by atoms with van der Waals surface area (Å²) in [5.74, 6) is -0.377. The van der Waals surface area contributed by atoms with E-state index in [0.29, 0.717) is 23.2 Å². The molecule has 0 atom stereocenters. The van der Waals surface area contributed by atoms with Gasteiger partial charge in [-0.2, -0.15) is 0 Å². The van der Waals surface area contributed by atoms with Crippen molar-refractivity contribution >= 4 is 46.3 Å². The summed E-state index contributed by atoms with van der Waals surface area (Å²) >= 11 is 0.681. The maximum absolute atomic E-state index is 12.8. The third-order valence-electron chi connectivity index (χ3n) is 5.53. The lowest BCUT2D eigenvalue weighted by atomic mass is 10.1. The van der Waals surface area contributed by atoms with Crippen molar-refractivity contribution in [2.45, 2.75) is 13.8 Å². The van der Waals surface area contributed by atoms with E-state index in [1.807, 2.05) is 26.0 Å². The number of imide groups is 1. The van der Waals surface area contributed by atoms with Gasteiger partial charge in [0.1, 0.15) is 23.8 Å². The van der Waals surface area contributed by atoms with E-state index < -0.39 is 28.5 Å². The van der Waals surface area contributed by atoms with Gasteiger partial charge in [-0.1, -0.05) is 6.07 Å². The van der Waals surface area contributed by atoms with E-state index in [4.69, 9.17) is 9.15 Å². The number of furan rings is 1. The van der Waals surface area contributed by atoms with Gasteiger partial charge < -0.3 is 14.5 Å². The van der Waals surface area contributed by atoms with Crippen molar-refractivity contribution in [1.29, 1.82) is 0 Å². The molecule has 1 aliphatic heterocycles. The molecule has 1 aliphatic rings. The highest BCUT2D eigenvalue weighted by molar-refractivity contribution is 8.18. The predicted octanol–water partition coefficient (Wildman–Crippen LogP) is 5.16. The molecule has 184 valence electrons. The zero-order valence-corrected chi connectivity index (χ0v) is 20.4. The van der Waals surface area contributed by atoms with Crippen molar-refractivity contribution in [3.63, 3.8) is 0 Å². The number of thioether (sulfide) groups is 1. The van der Waals surface area contributed by atoms with Gasteiger partial charge >= 0.3 is 0 Å². The Kier molecular flexibility index (Phi) is 6.93. The minimum atomic E-state index is -0.631. The smallest absolute Gasteiger partial charge is 0.294 e. The van der Waals surface area contributed by atoms with Crippen LogP contribution < -0.4 is 10.1 Å². The minimum Gasteiger partial charge on any atom is -0.497 e. The Morgan fingerprint density at radius 3 is 2.61 bits per heavy atom. The lowest BCUT2D eigenvalue weighted by Gasteiger charge is -2.13. The number of nitro benzene ring substituents is 1. The van der Waals surface area contributed by atoms with Crippen molar-refractivity contribution in [3.8, 4) is 17.1 Å². The highest BCUT2D eigenvalue weighted by Crippen LogP contribution is 2.36. The Balaban J connectivity index is 1.49. The number of nitro groups is 1. The molecule has 1 aromatic heterocycles. The van der Waals surface area contributed by atoms with Crippen LogP contribution in [0.3, 0.4) is 0 Å². The summed E-state index contributed by atoms with van der Waals surface area (Å²) in [6.07, 6.45) is 1.37. The Morgan fingerprint density at radius 1 is 1.14 bits per heavy atom. The number of aryl methyl sites for hydroxylation is 2. The van der Waals surface area contributed by atoms with Gasteiger partial charge in [-0.15, -0.1) is 0 Å². The van der Waals surface area contributed by atoms with Crippen molar-refractivity contribution in [2.24, 2.45) is 0 Å². The first-order chi connectivity index (χ1) is 17.2. The average molecular weight is 508 g/mol. The molecule has 0 radical (unpaired) electrons. The summed E-state index contributed by atoms with van der Waals surface area (Å²) in [7, 11) is 1.41. The summed E-state index contributed by atoms with van der Waals surface area (Å²) in [4.78, 5) is 49.5. The largest absolute Gasteiger partial charge is 0.497 e. The summed E-state index contributed by atoms with van der Waals surface area (Å²) in [6.45, 7) is 3.43. The Bertz CT molecular complexity index is 1430. The van der Waals surface area contributed by atoms with Crippen molar-refractivity contribution in [2.75, 3.05) is 19.0 Å². The van der Waals surface area contributed by atoms with Crippen LogP contribution in [-0.2, 0) is 9.59 Å². The van der Waals surface area contributed by atoms with Crippen LogP contribution in [0.15, 0.2) is 57.9 Å². The number of methoxy groups -OCH3 is 1. The lowest BCUT2D eigenvalue weighted by Crippen LogP contribution is -2.36. The van der Waals surface area contributed by atoms with Crippen LogP contribution in [0.4, 0.5) is 16.2 Å². The van der Waals surface area contributed by atoms with Crippen molar-refractivity contribution in [3.05, 3.63) is 80.4 Å². The van der Waals surface area contributed by atoms with Gasteiger partial charge in [0.25, 0.3) is 16.8 Å². The fourth-order valence-electron chi connectivity index (χ4n) is 3.50. The molecule has 0 bridgehead atoms. The van der Waals surface area contributed by atoms with E-state index >= 15 is 0 Å². The van der Waals surface area contributed by atoms with Gasteiger partial charge in [-0.05, 0) is 73.1 Å². The molecule has 1 fully saturated rings. The van der Waals surface area contributed by atoms with Gasteiger partial charge in [0.2, 0.25) is 5.91 Å². The number of ether oxygens (including phenoxy) is 1. The summed E-state index contributed by atoms with van der Waals surface area (Å²) in [5, 5.41) is 13.6. The van der Waals surface area contributed by atoms with E-state index in [2.05, 4.69) is 5.32 Å². The topological polar surface area (TPSA) is 132 Å². The second kappa shape index (κ2) is 10.1. The number of amides is 3. The number of rotatable bonds is 7. The highest BCUT2D eigenvalue weighted by atomic mass is 32.2. The first-order valence-corrected chi connectivity index (χ1v) is 11.5. The van der Waals surface area contributed by atoms with E-state index in [9.17, 15) is 24.5 Å². The third-order valence-corrected chi connectivity index (χ3v) is 6.44. The summed E-state index contributed by atoms with van der Waals surface area (Å²) < 4.78 is 10.7. The molecule has 2 aromatic carbocycles. The van der Waals surface area contributed by atoms with E-state index in [0.717, 1.165) is 16.0 Å². The van der Waals surface area contributed by atoms with Crippen LogP contribution in [0.25, 0.3) is 17.4 Å². The normalized spacial score (nSPS) is 14.4. The Hall–Kier alpha value is -4.38. The highest BCUT2D eigenvalue weighted by Gasteiger charge is 2.36. The SMILES string of the molecule is COc1ccc(-c2ccc(/C=C3/SC(=O)N(CC(=O)Nc4ccc(C)c(C)c4)C3=O)o2)c([N+](=O)[O-])c1. The monoisotopic (exact) mass is 507 g/mol. The van der Waals surface area contributed by atoms with Gasteiger partial charge in [0.15, 0.2) is 0 Å². The number of carbonyl (C=O) groups excluding carboxylic acids is 3. The molecular weight excluding hydrogens is 486 g/mol. The van der Waals surface area contributed by atoms with Crippen LogP contribution in [0.2, 0.25) is 0 Å². The van der Waals surface area contributed by atoms with E-state index in [-0.39, 0.29) is 27.7 Å². The van der Waals surface area contributed by atoms with Crippen molar-refractivity contribution < 1.29 is 28.5 Å². The van der Waals surface area contributed by atoms with Crippen LogP contribution in [0.1, 0.15) is 16.9 Å². The predicted molar refractivity (Wildman–Crippen MR) is 135 cm³/mol. The number of hydrogen-bond donors (Lipinski definition) is 1. The van der Waals surface area contributed by atoms with Gasteiger partial charge in [-0.3, -0.25) is 29.4 Å². The molecule has 0 spiro atoms. The Morgan fingerprint density at radius 2 is 1.92 bits per heavy atom. The van der Waals surface area contributed by atoms with Crippen LogP contribution in [0.5, 0.6) is 5.75 Å². The lowest BCUT2D eigenvalue weighted by molar-refractivity contribution is -0.384. The molecule has 11 heteroatoms. The Labute approximate surface area is 210 Å². The molecule has 1 N–H and O–H groups in total. The number of carbonyl (C=O) groups is 3. The molecule has 1 saturated heterocycles. The number of nitrogens with zero attached hydrogens (tertiary/aromatic N) is 2. The number of anilines is 1. The van der Waals surface area contributed by atoms with E-state index in [1.165, 1.54) is 37.5 Å². The second-order valence-electron chi connectivity index (χ2n) is 7.96. The maximum Gasteiger partial charge on any atom is 0.294 e. The molecule has 0 saturated carbocycles. The molecule has 2 heterocycles. The first kappa shape index (κ1) is 24.7. The third kappa shape index (κ3) is 5.15. The quantitative estimate of drug-likeness (QED) is 0.264. The molecule has 36 heavy (non-hydrogen) atoms. The van der Waals surface area contributed by atoms with Gasteiger partial charge in [0.05, 0.1) is 28.6 Å². The zero-order valence-electron chi connectivity index (χ0n) is 19.6. The first-order valence-electron chi connectivity index (χ1n) is 10.7. The fourth-order valence-corrected chi connectivity index (χ4v) is 4.32. The van der Waals surface area contributed by atoms with Gasteiger partial charge in [-0.25, -0.2) is 0 Å². The standard InChI is InChI=1S/C25H21N3O7S/c1-14-4-5-16(10-15(14)2)26-23(29)13-27-24(30)22(36-25(27)31)12-18-7-9-21(35-18)19-8-6-17(34-3)11-20(19)28(32)33/h4-12H,13H2,1-3H3,(H,26,29)/b22-12+. The minimum absolute atomic E-state index is 0.0733. The maximum atomic E-state index is 12.8. The molecular formula is C25H21N3O7S. The van der Waals surface area contributed by atoms with Gasteiger partial charge in [0, 0.05) is 11.8 Å². The molecule has 3 amide bonds. The molecule has 0 aliphatic carbocycles. The van der Waals surface area contributed by atoms with Crippen molar-refractivity contribution in [1.82, 2.24) is 4.90 Å². The van der Waals surface area contributed by atoms with E-state index in [1.54, 1.807) is 12.1 Å². The van der Waals surface area contributed by atoms with Crippen LogP contribution in [-0.4, -0.2) is 40.5 Å². The molecule has 3 aromatic rings.